The van der Waals surface area contributed by atoms with Crippen LogP contribution in [-0.4, -0.2) is 40.4 Å². The Hall–Kier alpha value is -1.20. The van der Waals surface area contributed by atoms with Gasteiger partial charge in [-0.05, 0) is 31.9 Å². The minimum absolute atomic E-state index is 0. The van der Waals surface area contributed by atoms with Crippen LogP contribution in [0.5, 0.6) is 0 Å². The Balaban J connectivity index is 0.00000261. The van der Waals surface area contributed by atoms with Crippen molar-refractivity contribution in [1.29, 1.82) is 0 Å². The van der Waals surface area contributed by atoms with Gasteiger partial charge in [-0.2, -0.15) is 0 Å². The van der Waals surface area contributed by atoms with Crippen molar-refractivity contribution in [2.45, 2.75) is 76.1 Å². The number of benzene rings is 1. The molecule has 0 radical (unpaired) electrons. The summed E-state index contributed by atoms with van der Waals surface area (Å²) in [6.07, 6.45) is 8.23. The zero-order valence-corrected chi connectivity index (χ0v) is 18.2. The maximum Gasteiger partial charge on any atom is 0.226 e. The van der Waals surface area contributed by atoms with Gasteiger partial charge in [0.1, 0.15) is 0 Å². The van der Waals surface area contributed by atoms with Crippen LogP contribution in [0.25, 0.3) is 0 Å². The van der Waals surface area contributed by atoms with Gasteiger partial charge in [0.2, 0.25) is 5.91 Å². The van der Waals surface area contributed by atoms with Crippen LogP contribution in [0, 0.1) is 6.92 Å². The molecule has 150 valence electrons. The van der Waals surface area contributed by atoms with Gasteiger partial charge in [-0.15, -0.1) is 12.4 Å². The van der Waals surface area contributed by atoms with E-state index in [4.69, 9.17) is 4.99 Å². The topological polar surface area (TPSA) is 44.7 Å². The van der Waals surface area contributed by atoms with Crippen molar-refractivity contribution in [3.63, 3.8) is 0 Å². The Labute approximate surface area is 174 Å². The first-order chi connectivity index (χ1) is 12.5. The smallest absolute Gasteiger partial charge is 0.226 e. The number of hydrogen-bond acceptors (Lipinski definition) is 3. The van der Waals surface area contributed by atoms with Crippen molar-refractivity contribution < 1.29 is 4.79 Å². The maximum absolute atomic E-state index is 12.5. The summed E-state index contributed by atoms with van der Waals surface area (Å²) in [6, 6.07) is 8.64. The van der Waals surface area contributed by atoms with Gasteiger partial charge in [0, 0.05) is 24.4 Å². The average molecular weight is 410 g/mol. The summed E-state index contributed by atoms with van der Waals surface area (Å²) in [4.78, 5) is 19.8. The van der Waals surface area contributed by atoms with Crippen LogP contribution in [0.1, 0.15) is 57.4 Å². The predicted octanol–water partition coefficient (Wildman–Crippen LogP) is 5.26. The molecule has 3 rings (SSSR count). The van der Waals surface area contributed by atoms with Crippen LogP contribution in [0.15, 0.2) is 29.3 Å². The molecule has 6 heteroatoms. The molecule has 0 bridgehead atoms. The van der Waals surface area contributed by atoms with E-state index in [1.165, 1.54) is 44.1 Å². The minimum Gasteiger partial charge on any atom is -0.350 e. The van der Waals surface area contributed by atoms with Gasteiger partial charge in [0.05, 0.1) is 12.1 Å². The largest absolute Gasteiger partial charge is 0.350 e. The Morgan fingerprint density at radius 1 is 1.19 bits per heavy atom. The molecule has 1 saturated heterocycles. The maximum atomic E-state index is 12.5. The Morgan fingerprint density at radius 2 is 1.81 bits per heavy atom. The van der Waals surface area contributed by atoms with Crippen LogP contribution in [-0.2, 0) is 4.79 Å². The summed E-state index contributed by atoms with van der Waals surface area (Å²) >= 11 is 1.83. The van der Waals surface area contributed by atoms with Crippen molar-refractivity contribution in [2.24, 2.45) is 4.99 Å². The van der Waals surface area contributed by atoms with E-state index in [0.717, 1.165) is 10.9 Å². The van der Waals surface area contributed by atoms with Crippen LogP contribution in [0.3, 0.4) is 0 Å². The summed E-state index contributed by atoms with van der Waals surface area (Å²) in [6.45, 7) is 4.26. The second-order valence-corrected chi connectivity index (χ2v) is 9.02. The number of thioether (sulfide) groups is 1. The summed E-state index contributed by atoms with van der Waals surface area (Å²) in [5.41, 5.74) is 2.07. The lowest BCUT2D eigenvalue weighted by Gasteiger charge is -2.23. The lowest BCUT2D eigenvalue weighted by molar-refractivity contribution is -0.117. The molecule has 1 saturated carbocycles. The zero-order valence-electron chi connectivity index (χ0n) is 16.6. The highest BCUT2D eigenvalue weighted by Gasteiger charge is 2.35. The highest BCUT2D eigenvalue weighted by atomic mass is 35.5. The molecule has 1 aliphatic heterocycles. The molecule has 1 aromatic carbocycles. The quantitative estimate of drug-likeness (QED) is 0.689. The van der Waals surface area contributed by atoms with Crippen molar-refractivity contribution in [2.75, 3.05) is 12.4 Å². The molecule has 1 amide bonds. The number of halogens is 1. The Kier molecular flexibility index (Phi) is 8.49. The molecule has 0 aromatic heterocycles. The number of amidine groups is 1. The van der Waals surface area contributed by atoms with Gasteiger partial charge in [-0.1, -0.05) is 62.1 Å². The van der Waals surface area contributed by atoms with Gasteiger partial charge in [-0.25, -0.2) is 0 Å². The molecule has 1 aromatic rings. The van der Waals surface area contributed by atoms with E-state index in [-0.39, 0.29) is 24.4 Å². The van der Waals surface area contributed by atoms with Crippen LogP contribution in [0.2, 0.25) is 0 Å². The van der Waals surface area contributed by atoms with Crippen molar-refractivity contribution in [3.8, 4) is 0 Å². The summed E-state index contributed by atoms with van der Waals surface area (Å²) in [5, 5.41) is 4.53. The number of amides is 1. The normalized spacial score (nSPS) is 25.1. The third-order valence-electron chi connectivity index (χ3n) is 5.48. The lowest BCUT2D eigenvalue weighted by Crippen LogP contribution is -2.36. The van der Waals surface area contributed by atoms with Crippen LogP contribution < -0.4 is 5.32 Å². The highest BCUT2D eigenvalue weighted by Crippen LogP contribution is 2.33. The van der Waals surface area contributed by atoms with E-state index in [9.17, 15) is 4.79 Å². The number of carbonyl (C=O) groups excluding carboxylic acids is 1. The molecular weight excluding hydrogens is 378 g/mol. The molecule has 2 fully saturated rings. The first-order valence-electron chi connectivity index (χ1n) is 9.87. The van der Waals surface area contributed by atoms with Crippen molar-refractivity contribution in [1.82, 2.24) is 4.90 Å². The van der Waals surface area contributed by atoms with Gasteiger partial charge in [-0.3, -0.25) is 9.79 Å². The Morgan fingerprint density at radius 3 is 2.44 bits per heavy atom. The highest BCUT2D eigenvalue weighted by molar-refractivity contribution is 8.14. The zero-order chi connectivity index (χ0) is 18.5. The van der Waals surface area contributed by atoms with Gasteiger partial charge >= 0.3 is 0 Å². The third kappa shape index (κ3) is 6.15. The predicted molar refractivity (Wildman–Crippen MR) is 119 cm³/mol. The summed E-state index contributed by atoms with van der Waals surface area (Å²) in [5.74, 6) is 0.0777. The van der Waals surface area contributed by atoms with Gasteiger partial charge in [0.25, 0.3) is 0 Å². The van der Waals surface area contributed by atoms with E-state index in [1.807, 2.05) is 43.0 Å². The molecule has 1 heterocycles. The number of aryl methyl sites for hydroxylation is 1. The fourth-order valence-electron chi connectivity index (χ4n) is 3.79. The molecule has 0 spiro atoms. The second kappa shape index (κ2) is 10.4. The van der Waals surface area contributed by atoms with E-state index >= 15 is 0 Å². The number of hydrogen-bond donors (Lipinski definition) is 1. The lowest BCUT2D eigenvalue weighted by atomic mass is 10.1. The van der Waals surface area contributed by atoms with Crippen molar-refractivity contribution >= 4 is 40.9 Å². The number of nitrogens with one attached hydrogen (secondary N) is 1. The summed E-state index contributed by atoms with van der Waals surface area (Å²) in [7, 11) is 2.09. The number of carbonyl (C=O) groups is 1. The Bertz CT molecular complexity index is 641. The minimum atomic E-state index is 0. The molecular formula is C21H32ClN3OS. The van der Waals surface area contributed by atoms with Crippen LogP contribution >= 0.6 is 24.2 Å². The fourth-order valence-corrected chi connectivity index (χ4v) is 5.07. The molecule has 2 unspecified atom stereocenters. The summed E-state index contributed by atoms with van der Waals surface area (Å²) < 4.78 is 0. The monoisotopic (exact) mass is 409 g/mol. The average Bonchev–Trinajstić information content (AvgIpc) is 2.81. The second-order valence-electron chi connectivity index (χ2n) is 7.68. The molecule has 1 aliphatic carbocycles. The van der Waals surface area contributed by atoms with Gasteiger partial charge in [0.15, 0.2) is 5.17 Å². The number of nitrogens with zero attached hydrogens (tertiary/aromatic N) is 2. The third-order valence-corrected chi connectivity index (χ3v) is 6.77. The molecule has 1 N–H and O–H groups in total. The van der Waals surface area contributed by atoms with E-state index in [2.05, 4.69) is 24.2 Å². The molecule has 2 atom stereocenters. The van der Waals surface area contributed by atoms with Crippen LogP contribution in [0.4, 0.5) is 5.69 Å². The number of anilines is 1. The SMILES string of the molecule is Cc1ccc(NC(=O)CC2C(C)SC(=NC3CCCCCC3)N2C)cc1.Cl. The molecule has 27 heavy (non-hydrogen) atoms. The fraction of sp³-hybridized carbons (Fsp3) is 0.619. The van der Waals surface area contributed by atoms with E-state index < -0.39 is 0 Å². The standard InChI is InChI=1S/C21H31N3OS.ClH/c1-15-10-12-18(13-11-15)22-20(25)14-19-16(2)26-21(24(19)3)23-17-8-6-4-5-7-9-17;/h10-13,16-17,19H,4-9,14H2,1-3H3,(H,22,25);1H. The number of rotatable bonds is 4. The molecule has 2 aliphatic rings. The first-order valence-corrected chi connectivity index (χ1v) is 10.7. The van der Waals surface area contributed by atoms with E-state index in [0.29, 0.717) is 17.7 Å². The molecule has 4 nitrogen and oxygen atoms in total. The van der Waals surface area contributed by atoms with Crippen molar-refractivity contribution in [3.05, 3.63) is 29.8 Å². The first kappa shape index (κ1) is 22.1. The number of aliphatic imine (C=N–C) groups is 1. The van der Waals surface area contributed by atoms with E-state index in [1.54, 1.807) is 0 Å². The van der Waals surface area contributed by atoms with Gasteiger partial charge < -0.3 is 10.2 Å².